The van der Waals surface area contributed by atoms with Crippen molar-refractivity contribution in [2.24, 2.45) is 0 Å². The van der Waals surface area contributed by atoms with Crippen molar-refractivity contribution in [3.8, 4) is 17.6 Å². The van der Waals surface area contributed by atoms with E-state index in [1.807, 2.05) is 50.2 Å². The number of methoxy groups -OCH3 is 1. The molecule has 2 rings (SSSR count). The Kier molecular flexibility index (Phi) is 4.34. The van der Waals surface area contributed by atoms with E-state index in [1.165, 1.54) is 0 Å². The second-order valence-corrected chi connectivity index (χ2v) is 4.91. The van der Waals surface area contributed by atoms with Gasteiger partial charge in [0, 0.05) is 0 Å². The average molecular weight is 282 g/mol. The average Bonchev–Trinajstić information content (AvgIpc) is 2.50. The molecule has 0 aliphatic rings. The van der Waals surface area contributed by atoms with Crippen molar-refractivity contribution in [2.75, 3.05) is 12.4 Å². The van der Waals surface area contributed by atoms with Gasteiger partial charge >= 0.3 is 0 Å². The molecule has 2 aromatic carbocycles. The van der Waals surface area contributed by atoms with Crippen molar-refractivity contribution in [2.45, 2.75) is 19.9 Å². The number of hydrogen-bond donors (Lipinski definition) is 2. The summed E-state index contributed by atoms with van der Waals surface area (Å²) in [4.78, 5) is 0. The highest BCUT2D eigenvalue weighted by molar-refractivity contribution is 5.59. The molecule has 0 radical (unpaired) electrons. The number of phenols is 1. The maximum Gasteiger partial charge on any atom is 0.141 e. The molecule has 0 fully saturated rings. The number of rotatable bonds is 4. The van der Waals surface area contributed by atoms with Gasteiger partial charge in [0.05, 0.1) is 18.9 Å². The van der Waals surface area contributed by atoms with E-state index in [9.17, 15) is 10.4 Å². The van der Waals surface area contributed by atoms with Gasteiger partial charge in [-0.15, -0.1) is 0 Å². The van der Waals surface area contributed by atoms with E-state index in [1.54, 1.807) is 7.11 Å². The minimum absolute atomic E-state index is 0.271. The summed E-state index contributed by atoms with van der Waals surface area (Å²) in [6, 6.07) is 12.8. The standard InChI is InChI=1S/C17H18N2O2/c1-11-8-13(9-12(2)17(11)20)15(10-18)19-14-6-4-5-7-16(14)21-3/h4-9,15,19-20H,1-3H3. The summed E-state index contributed by atoms with van der Waals surface area (Å²) in [6.45, 7) is 3.65. The van der Waals surface area contributed by atoms with Crippen molar-refractivity contribution in [1.82, 2.24) is 0 Å². The molecule has 0 amide bonds. The molecule has 0 spiro atoms. The number of nitrogens with one attached hydrogen (secondary N) is 1. The highest BCUT2D eigenvalue weighted by atomic mass is 16.5. The topological polar surface area (TPSA) is 65.3 Å². The molecule has 4 heteroatoms. The van der Waals surface area contributed by atoms with Crippen molar-refractivity contribution < 1.29 is 9.84 Å². The predicted octanol–water partition coefficient (Wildman–Crippen LogP) is 3.69. The summed E-state index contributed by atoms with van der Waals surface area (Å²) in [5, 5.41) is 22.4. The van der Waals surface area contributed by atoms with Crippen LogP contribution in [-0.2, 0) is 0 Å². The Hall–Kier alpha value is -2.67. The van der Waals surface area contributed by atoms with Crippen LogP contribution in [0.5, 0.6) is 11.5 Å². The monoisotopic (exact) mass is 282 g/mol. The number of ether oxygens (including phenoxy) is 1. The lowest BCUT2D eigenvalue weighted by Gasteiger charge is -2.17. The predicted molar refractivity (Wildman–Crippen MR) is 82.6 cm³/mol. The lowest BCUT2D eigenvalue weighted by Crippen LogP contribution is -2.10. The Bertz CT molecular complexity index is 666. The highest BCUT2D eigenvalue weighted by Crippen LogP contribution is 2.30. The third-order valence-corrected chi connectivity index (χ3v) is 3.38. The number of aryl methyl sites for hydroxylation is 2. The first-order valence-electron chi connectivity index (χ1n) is 6.66. The Balaban J connectivity index is 2.35. The Morgan fingerprint density at radius 2 is 1.81 bits per heavy atom. The SMILES string of the molecule is COc1ccccc1NC(C#N)c1cc(C)c(O)c(C)c1. The van der Waals surface area contributed by atoms with Crippen molar-refractivity contribution in [1.29, 1.82) is 5.26 Å². The minimum Gasteiger partial charge on any atom is -0.507 e. The number of anilines is 1. The molecule has 0 saturated heterocycles. The molecular formula is C17H18N2O2. The summed E-state index contributed by atoms with van der Waals surface area (Å²) in [5.74, 6) is 0.956. The van der Waals surface area contributed by atoms with Gasteiger partial charge in [-0.25, -0.2) is 0 Å². The number of phenolic OH excluding ortho intramolecular Hbond substituents is 1. The first-order chi connectivity index (χ1) is 10.1. The largest absolute Gasteiger partial charge is 0.507 e. The molecule has 0 aromatic heterocycles. The normalized spacial score (nSPS) is 11.5. The Labute approximate surface area is 124 Å². The molecule has 0 aliphatic heterocycles. The molecule has 0 saturated carbocycles. The molecule has 21 heavy (non-hydrogen) atoms. The number of nitriles is 1. The van der Waals surface area contributed by atoms with Gasteiger partial charge in [0.15, 0.2) is 0 Å². The second kappa shape index (κ2) is 6.19. The van der Waals surface area contributed by atoms with Crippen LogP contribution in [0.2, 0.25) is 0 Å². The van der Waals surface area contributed by atoms with Crippen LogP contribution in [0, 0.1) is 25.2 Å². The highest BCUT2D eigenvalue weighted by Gasteiger charge is 2.15. The van der Waals surface area contributed by atoms with Gasteiger partial charge in [-0.1, -0.05) is 12.1 Å². The molecule has 1 atom stereocenters. The van der Waals surface area contributed by atoms with E-state index < -0.39 is 6.04 Å². The smallest absolute Gasteiger partial charge is 0.141 e. The third-order valence-electron chi connectivity index (χ3n) is 3.38. The third kappa shape index (κ3) is 3.09. The van der Waals surface area contributed by atoms with E-state index >= 15 is 0 Å². The van der Waals surface area contributed by atoms with Gasteiger partial charge in [0.2, 0.25) is 0 Å². The number of nitrogens with zero attached hydrogens (tertiary/aromatic N) is 1. The molecule has 108 valence electrons. The van der Waals surface area contributed by atoms with Crippen LogP contribution in [0.1, 0.15) is 22.7 Å². The summed E-state index contributed by atoms with van der Waals surface area (Å²) in [5.41, 5.74) is 3.09. The number of hydrogen-bond acceptors (Lipinski definition) is 4. The zero-order valence-electron chi connectivity index (χ0n) is 12.3. The van der Waals surface area contributed by atoms with Crippen molar-refractivity contribution >= 4 is 5.69 Å². The quantitative estimate of drug-likeness (QED) is 0.897. The van der Waals surface area contributed by atoms with Crippen LogP contribution < -0.4 is 10.1 Å². The first-order valence-corrected chi connectivity index (χ1v) is 6.66. The Morgan fingerprint density at radius 1 is 1.19 bits per heavy atom. The van der Waals surface area contributed by atoms with E-state index in [0.29, 0.717) is 5.75 Å². The molecule has 0 heterocycles. The van der Waals surface area contributed by atoms with Gasteiger partial charge in [0.25, 0.3) is 0 Å². The van der Waals surface area contributed by atoms with Gasteiger partial charge < -0.3 is 15.2 Å². The van der Waals surface area contributed by atoms with E-state index in [2.05, 4.69) is 11.4 Å². The van der Waals surface area contributed by atoms with Crippen LogP contribution in [0.25, 0.3) is 0 Å². The fourth-order valence-electron chi connectivity index (χ4n) is 2.27. The van der Waals surface area contributed by atoms with Gasteiger partial charge in [-0.2, -0.15) is 5.26 Å². The molecular weight excluding hydrogens is 264 g/mol. The van der Waals surface area contributed by atoms with Crippen LogP contribution in [0.15, 0.2) is 36.4 Å². The van der Waals surface area contributed by atoms with Crippen LogP contribution in [0.4, 0.5) is 5.69 Å². The number of aromatic hydroxyl groups is 1. The maximum absolute atomic E-state index is 9.83. The lowest BCUT2D eigenvalue weighted by atomic mass is 10.0. The molecule has 2 N–H and O–H groups in total. The second-order valence-electron chi connectivity index (χ2n) is 4.91. The van der Waals surface area contributed by atoms with Crippen LogP contribution in [0.3, 0.4) is 0 Å². The van der Waals surface area contributed by atoms with Crippen molar-refractivity contribution in [3.05, 3.63) is 53.1 Å². The fraction of sp³-hybridized carbons (Fsp3) is 0.235. The molecule has 1 unspecified atom stereocenters. The summed E-state index contributed by atoms with van der Waals surface area (Å²) < 4.78 is 5.28. The summed E-state index contributed by atoms with van der Waals surface area (Å²) in [6.07, 6.45) is 0. The first kappa shape index (κ1) is 14.7. The minimum atomic E-state index is -0.515. The Morgan fingerprint density at radius 3 is 2.38 bits per heavy atom. The van der Waals surface area contributed by atoms with Gasteiger partial charge in [-0.05, 0) is 54.8 Å². The van der Waals surface area contributed by atoms with Crippen LogP contribution in [-0.4, -0.2) is 12.2 Å². The van der Waals surface area contributed by atoms with E-state index in [4.69, 9.17) is 4.74 Å². The fourth-order valence-corrected chi connectivity index (χ4v) is 2.27. The lowest BCUT2D eigenvalue weighted by molar-refractivity contribution is 0.416. The molecule has 4 nitrogen and oxygen atoms in total. The molecule has 2 aromatic rings. The van der Waals surface area contributed by atoms with Crippen LogP contribution >= 0.6 is 0 Å². The zero-order valence-corrected chi connectivity index (χ0v) is 12.3. The molecule has 0 aliphatic carbocycles. The summed E-state index contributed by atoms with van der Waals surface area (Å²) >= 11 is 0. The van der Waals surface area contributed by atoms with E-state index in [-0.39, 0.29) is 5.75 Å². The number of benzene rings is 2. The van der Waals surface area contributed by atoms with Gasteiger partial charge in [-0.3, -0.25) is 0 Å². The zero-order chi connectivity index (χ0) is 15.4. The van der Waals surface area contributed by atoms with Gasteiger partial charge in [0.1, 0.15) is 17.5 Å². The number of para-hydroxylation sites is 2. The summed E-state index contributed by atoms with van der Waals surface area (Å²) in [7, 11) is 1.59. The van der Waals surface area contributed by atoms with E-state index in [0.717, 1.165) is 22.4 Å². The van der Waals surface area contributed by atoms with Crippen molar-refractivity contribution in [3.63, 3.8) is 0 Å². The maximum atomic E-state index is 9.83. The molecule has 0 bridgehead atoms.